The summed E-state index contributed by atoms with van der Waals surface area (Å²) in [6, 6.07) is 8.08. The van der Waals surface area contributed by atoms with Gasteiger partial charge < -0.3 is 4.74 Å². The van der Waals surface area contributed by atoms with E-state index in [1.54, 1.807) is 25.1 Å². The molecule has 0 saturated carbocycles. The first-order valence-electron chi connectivity index (χ1n) is 5.94. The zero-order valence-corrected chi connectivity index (χ0v) is 12.9. The lowest BCUT2D eigenvalue weighted by atomic mass is 10.2. The molecule has 0 radical (unpaired) electrons. The molecular formula is C13H11ClN2O5S. The van der Waals surface area contributed by atoms with Crippen LogP contribution in [0.5, 0.6) is 11.5 Å². The van der Waals surface area contributed by atoms with Crippen molar-refractivity contribution in [1.82, 2.24) is 0 Å². The first-order valence-corrected chi connectivity index (χ1v) is 7.86. The Kier molecular flexibility index (Phi) is 4.36. The van der Waals surface area contributed by atoms with E-state index < -0.39 is 25.5 Å². The van der Waals surface area contributed by atoms with Crippen LogP contribution in [-0.2, 0) is 10.0 Å². The maximum atomic E-state index is 11.6. The van der Waals surface area contributed by atoms with Crippen LogP contribution in [0.4, 0.5) is 5.69 Å². The zero-order chi connectivity index (χ0) is 16.5. The highest BCUT2D eigenvalue weighted by Crippen LogP contribution is 2.35. The molecular weight excluding hydrogens is 332 g/mol. The molecule has 0 spiro atoms. The first kappa shape index (κ1) is 16.2. The molecule has 2 aromatic rings. The molecule has 0 heterocycles. The van der Waals surface area contributed by atoms with Gasteiger partial charge in [-0.25, -0.2) is 13.6 Å². The van der Waals surface area contributed by atoms with Crippen LogP contribution in [0.1, 0.15) is 5.56 Å². The van der Waals surface area contributed by atoms with Crippen LogP contribution in [-0.4, -0.2) is 13.3 Å². The monoisotopic (exact) mass is 342 g/mol. The third-order valence-corrected chi connectivity index (χ3v) is 4.00. The number of nitro groups is 1. The average Bonchev–Trinajstić information content (AvgIpc) is 2.42. The molecule has 0 unspecified atom stereocenters. The summed E-state index contributed by atoms with van der Waals surface area (Å²) < 4.78 is 28.7. The summed E-state index contributed by atoms with van der Waals surface area (Å²) in [4.78, 5) is 9.55. The largest absolute Gasteiger partial charge is 0.454 e. The van der Waals surface area contributed by atoms with Crippen molar-refractivity contribution in [2.24, 2.45) is 5.14 Å². The van der Waals surface area contributed by atoms with Crippen molar-refractivity contribution in [3.8, 4) is 11.5 Å². The molecule has 22 heavy (non-hydrogen) atoms. The van der Waals surface area contributed by atoms with Gasteiger partial charge in [-0.2, -0.15) is 0 Å². The molecule has 7 nitrogen and oxygen atoms in total. The van der Waals surface area contributed by atoms with Crippen LogP contribution in [0.25, 0.3) is 0 Å². The molecule has 0 aliphatic heterocycles. The molecule has 0 aliphatic carbocycles. The Morgan fingerprint density at radius 2 is 1.86 bits per heavy atom. The van der Waals surface area contributed by atoms with E-state index in [0.717, 1.165) is 23.8 Å². The van der Waals surface area contributed by atoms with E-state index in [1.807, 2.05) is 0 Å². The van der Waals surface area contributed by atoms with E-state index in [2.05, 4.69) is 0 Å². The summed E-state index contributed by atoms with van der Waals surface area (Å²) in [5.41, 5.74) is 0.435. The Bertz CT molecular complexity index is 852. The Balaban J connectivity index is 2.55. The Hall–Kier alpha value is -2.16. The summed E-state index contributed by atoms with van der Waals surface area (Å²) >= 11 is 5.98. The van der Waals surface area contributed by atoms with Gasteiger partial charge in [-0.3, -0.25) is 10.1 Å². The SMILES string of the molecule is Cc1ccc(Cl)c(Oc2ccc([N+](=O)[O-])cc2S(N)(=O)=O)c1. The highest BCUT2D eigenvalue weighted by molar-refractivity contribution is 7.89. The number of hydrogen-bond donors (Lipinski definition) is 1. The van der Waals surface area contributed by atoms with Crippen molar-refractivity contribution in [3.05, 3.63) is 57.1 Å². The normalized spacial score (nSPS) is 11.2. The van der Waals surface area contributed by atoms with Crippen LogP contribution < -0.4 is 9.88 Å². The third kappa shape index (κ3) is 3.53. The smallest absolute Gasteiger partial charge is 0.271 e. The molecule has 2 rings (SSSR count). The molecule has 0 aliphatic rings. The van der Waals surface area contributed by atoms with Crippen molar-refractivity contribution in [3.63, 3.8) is 0 Å². The molecule has 0 fully saturated rings. The fraction of sp³-hybridized carbons (Fsp3) is 0.0769. The van der Waals surface area contributed by atoms with E-state index in [-0.39, 0.29) is 16.5 Å². The van der Waals surface area contributed by atoms with E-state index in [9.17, 15) is 18.5 Å². The number of non-ortho nitro benzene ring substituents is 1. The van der Waals surface area contributed by atoms with Gasteiger partial charge in [0, 0.05) is 12.1 Å². The summed E-state index contributed by atoms with van der Waals surface area (Å²) in [6.45, 7) is 1.81. The molecule has 0 bridgehead atoms. The number of nitrogens with zero attached hydrogens (tertiary/aromatic N) is 1. The van der Waals surface area contributed by atoms with Crippen LogP contribution >= 0.6 is 11.6 Å². The van der Waals surface area contributed by atoms with Gasteiger partial charge in [0.05, 0.1) is 9.95 Å². The van der Waals surface area contributed by atoms with E-state index in [1.165, 1.54) is 0 Å². The van der Waals surface area contributed by atoms with Crippen molar-refractivity contribution < 1.29 is 18.1 Å². The maximum absolute atomic E-state index is 11.6. The average molecular weight is 343 g/mol. The molecule has 0 amide bonds. The number of aryl methyl sites for hydroxylation is 1. The fourth-order valence-corrected chi connectivity index (χ4v) is 2.56. The van der Waals surface area contributed by atoms with Gasteiger partial charge in [0.1, 0.15) is 16.4 Å². The number of nitrogens with two attached hydrogens (primary N) is 1. The lowest BCUT2D eigenvalue weighted by Crippen LogP contribution is -2.13. The Morgan fingerprint density at radius 3 is 2.45 bits per heavy atom. The van der Waals surface area contributed by atoms with E-state index in [4.69, 9.17) is 21.5 Å². The number of nitro benzene ring substituents is 1. The Morgan fingerprint density at radius 1 is 1.18 bits per heavy atom. The van der Waals surface area contributed by atoms with Crippen LogP contribution in [0.2, 0.25) is 5.02 Å². The minimum atomic E-state index is -4.21. The quantitative estimate of drug-likeness (QED) is 0.677. The summed E-state index contributed by atoms with van der Waals surface area (Å²) in [5.74, 6) is 0.0843. The van der Waals surface area contributed by atoms with Crippen LogP contribution in [0.15, 0.2) is 41.3 Å². The molecule has 0 saturated heterocycles. The number of rotatable bonds is 4. The van der Waals surface area contributed by atoms with Gasteiger partial charge in [-0.15, -0.1) is 0 Å². The highest BCUT2D eigenvalue weighted by Gasteiger charge is 2.21. The van der Waals surface area contributed by atoms with Gasteiger partial charge in [0.15, 0.2) is 0 Å². The lowest BCUT2D eigenvalue weighted by Gasteiger charge is -2.11. The molecule has 2 N–H and O–H groups in total. The molecule has 9 heteroatoms. The molecule has 2 aromatic carbocycles. The lowest BCUT2D eigenvalue weighted by molar-refractivity contribution is -0.385. The minimum Gasteiger partial charge on any atom is -0.454 e. The standard InChI is InChI=1S/C13H11ClN2O5S/c1-8-2-4-10(14)12(6-8)21-11-5-3-9(16(17)18)7-13(11)22(15,19)20/h2-7H,1H3,(H2,15,19,20). The molecule has 0 aromatic heterocycles. The highest BCUT2D eigenvalue weighted by atomic mass is 35.5. The maximum Gasteiger partial charge on any atom is 0.271 e. The first-order chi connectivity index (χ1) is 10.2. The second kappa shape index (κ2) is 5.91. The van der Waals surface area contributed by atoms with Gasteiger partial charge in [0.2, 0.25) is 10.0 Å². The van der Waals surface area contributed by atoms with Crippen molar-refractivity contribution in [2.45, 2.75) is 11.8 Å². The van der Waals surface area contributed by atoms with E-state index in [0.29, 0.717) is 0 Å². The summed E-state index contributed by atoms with van der Waals surface area (Å²) in [6.07, 6.45) is 0. The van der Waals surface area contributed by atoms with Crippen LogP contribution in [0.3, 0.4) is 0 Å². The summed E-state index contributed by atoms with van der Waals surface area (Å²) in [5, 5.41) is 16.1. The second-order valence-electron chi connectivity index (χ2n) is 4.47. The van der Waals surface area contributed by atoms with Gasteiger partial charge in [-0.05, 0) is 30.7 Å². The number of primary sulfonamides is 1. The van der Waals surface area contributed by atoms with Gasteiger partial charge in [0.25, 0.3) is 5.69 Å². The van der Waals surface area contributed by atoms with E-state index >= 15 is 0 Å². The fourth-order valence-electron chi connectivity index (χ4n) is 1.72. The van der Waals surface area contributed by atoms with Gasteiger partial charge in [-0.1, -0.05) is 17.7 Å². The number of ether oxygens (including phenoxy) is 1. The topological polar surface area (TPSA) is 113 Å². The number of halogens is 1. The van der Waals surface area contributed by atoms with Crippen molar-refractivity contribution in [1.29, 1.82) is 0 Å². The number of sulfonamides is 1. The van der Waals surface area contributed by atoms with Crippen molar-refractivity contribution in [2.75, 3.05) is 0 Å². The second-order valence-corrected chi connectivity index (χ2v) is 6.41. The molecule has 116 valence electrons. The Labute approximate surface area is 131 Å². The van der Waals surface area contributed by atoms with Crippen LogP contribution in [0, 0.1) is 17.0 Å². The predicted molar refractivity (Wildman–Crippen MR) is 80.7 cm³/mol. The summed E-state index contributed by atoms with van der Waals surface area (Å²) in [7, 11) is -4.21. The third-order valence-electron chi connectivity index (χ3n) is 2.75. The zero-order valence-electron chi connectivity index (χ0n) is 11.3. The minimum absolute atomic E-state index is 0.138. The number of benzene rings is 2. The number of hydrogen-bond acceptors (Lipinski definition) is 5. The van der Waals surface area contributed by atoms with Crippen molar-refractivity contribution >= 4 is 27.3 Å². The predicted octanol–water partition coefficient (Wildman–Crippen LogP) is 3.00. The van der Waals surface area contributed by atoms with Gasteiger partial charge >= 0.3 is 0 Å². The molecule has 0 atom stereocenters.